The van der Waals surface area contributed by atoms with Gasteiger partial charge in [-0.1, -0.05) is 0 Å². The van der Waals surface area contributed by atoms with E-state index in [4.69, 9.17) is 9.47 Å². The monoisotopic (exact) mass is 514 g/mol. The van der Waals surface area contributed by atoms with E-state index >= 15 is 0 Å². The van der Waals surface area contributed by atoms with Crippen molar-refractivity contribution in [2.45, 2.75) is 38.4 Å². The number of rotatable bonds is 7. The number of aromatic nitrogens is 4. The molecule has 0 spiro atoms. The van der Waals surface area contributed by atoms with E-state index in [1.807, 2.05) is 10.6 Å². The minimum atomic E-state index is -4.62. The number of halogens is 3. The van der Waals surface area contributed by atoms with Gasteiger partial charge in [-0.15, -0.1) is 0 Å². The smallest absolute Gasteiger partial charge is 0.419 e. The summed E-state index contributed by atoms with van der Waals surface area (Å²) in [4.78, 5) is 15.2. The van der Waals surface area contributed by atoms with Crippen molar-refractivity contribution in [2.24, 2.45) is 11.8 Å². The van der Waals surface area contributed by atoms with Gasteiger partial charge in [0.15, 0.2) is 5.65 Å². The molecule has 196 valence electrons. The zero-order valence-electron chi connectivity index (χ0n) is 20.7. The second-order valence-corrected chi connectivity index (χ2v) is 9.90. The predicted molar refractivity (Wildman–Crippen MR) is 130 cm³/mol. The molecule has 2 saturated heterocycles. The Morgan fingerprint density at radius 2 is 1.97 bits per heavy atom. The van der Waals surface area contributed by atoms with Crippen molar-refractivity contribution in [1.82, 2.24) is 24.4 Å². The van der Waals surface area contributed by atoms with Crippen LogP contribution in [0.2, 0.25) is 0 Å². The Labute approximate surface area is 213 Å². The number of alkyl halides is 3. The molecule has 1 unspecified atom stereocenters. The quantitative estimate of drug-likeness (QED) is 0.458. The lowest BCUT2D eigenvalue weighted by molar-refractivity contribution is -0.138. The van der Waals surface area contributed by atoms with Gasteiger partial charge in [-0.3, -0.25) is 0 Å². The Bertz CT molecular complexity index is 1290. The highest BCUT2D eigenvalue weighted by Crippen LogP contribution is 2.39. The van der Waals surface area contributed by atoms with Gasteiger partial charge in [-0.2, -0.15) is 23.4 Å². The fourth-order valence-corrected chi connectivity index (χ4v) is 5.05. The summed E-state index contributed by atoms with van der Waals surface area (Å²) in [5, 5.41) is 9.50. The van der Waals surface area contributed by atoms with E-state index in [9.17, 15) is 18.4 Å². The molecule has 1 atom stereocenters. The number of imidazole rings is 1. The molecule has 2 aliphatic heterocycles. The number of likely N-dealkylation sites (tertiary alicyclic amines) is 1. The molecular formula is C26H29F3N6O2. The summed E-state index contributed by atoms with van der Waals surface area (Å²) < 4.78 is 55.1. The van der Waals surface area contributed by atoms with E-state index in [2.05, 4.69) is 26.9 Å². The van der Waals surface area contributed by atoms with E-state index in [0.29, 0.717) is 43.3 Å². The van der Waals surface area contributed by atoms with Crippen LogP contribution in [0.25, 0.3) is 22.4 Å². The topological polar surface area (TPSA) is 89.1 Å². The SMILES string of the molecule is CN1CCC(CCOc2ccc(-c3nc(C#N)nc4c3ncn4CC3CCOC3)cc2C(F)(F)F)CC1. The molecule has 3 aromatic rings. The summed E-state index contributed by atoms with van der Waals surface area (Å²) in [6, 6.07) is 5.81. The van der Waals surface area contributed by atoms with E-state index in [0.717, 1.165) is 38.4 Å². The number of fused-ring (bicyclic) bond motifs is 1. The molecule has 2 fully saturated rings. The van der Waals surface area contributed by atoms with Crippen LogP contribution in [0.5, 0.6) is 5.75 Å². The number of hydrogen-bond donors (Lipinski definition) is 0. The van der Waals surface area contributed by atoms with Crippen LogP contribution in [0, 0.1) is 23.2 Å². The van der Waals surface area contributed by atoms with Crippen LogP contribution in [0.1, 0.15) is 37.1 Å². The lowest BCUT2D eigenvalue weighted by Gasteiger charge is -2.28. The zero-order chi connectivity index (χ0) is 26.0. The largest absolute Gasteiger partial charge is 0.493 e. The highest BCUT2D eigenvalue weighted by atomic mass is 19.4. The zero-order valence-corrected chi connectivity index (χ0v) is 20.7. The average molecular weight is 515 g/mol. The summed E-state index contributed by atoms with van der Waals surface area (Å²) in [5.41, 5.74) is 0.281. The van der Waals surface area contributed by atoms with Crippen molar-refractivity contribution < 1.29 is 22.6 Å². The molecule has 0 amide bonds. The third-order valence-corrected chi connectivity index (χ3v) is 7.22. The molecule has 0 aliphatic carbocycles. The van der Waals surface area contributed by atoms with Gasteiger partial charge in [-0.05, 0) is 69.9 Å². The third kappa shape index (κ3) is 5.70. The van der Waals surface area contributed by atoms with E-state index in [-0.39, 0.29) is 35.4 Å². The summed E-state index contributed by atoms with van der Waals surface area (Å²) in [7, 11) is 2.07. The predicted octanol–water partition coefficient (Wildman–Crippen LogP) is 4.53. The van der Waals surface area contributed by atoms with Gasteiger partial charge in [0.1, 0.15) is 23.0 Å². The van der Waals surface area contributed by atoms with Crippen LogP contribution >= 0.6 is 0 Å². The van der Waals surface area contributed by atoms with Gasteiger partial charge in [-0.25, -0.2) is 9.97 Å². The Hall–Kier alpha value is -3.23. The fraction of sp³-hybridized carbons (Fsp3) is 0.538. The lowest BCUT2D eigenvalue weighted by atomic mass is 9.94. The average Bonchev–Trinajstić information content (AvgIpc) is 3.55. The number of hydrogen-bond acceptors (Lipinski definition) is 7. The van der Waals surface area contributed by atoms with Crippen molar-refractivity contribution in [2.75, 3.05) is 40.0 Å². The lowest BCUT2D eigenvalue weighted by Crippen LogP contribution is -2.30. The molecule has 0 N–H and O–H groups in total. The summed E-state index contributed by atoms with van der Waals surface area (Å²) in [6.07, 6.45) is 0.635. The highest BCUT2D eigenvalue weighted by molar-refractivity contribution is 5.88. The standard InChI is InChI=1S/C26H29F3N6O2/c1-34-8-4-17(5-9-34)7-11-37-21-3-2-19(12-20(21)26(27,28)29)23-24-25(33-22(13-30)32-23)35(16-31-24)14-18-6-10-36-15-18/h2-3,12,16-18H,4-11,14-15H2,1H3. The van der Waals surface area contributed by atoms with Crippen LogP contribution in [-0.2, 0) is 17.5 Å². The van der Waals surface area contributed by atoms with E-state index < -0.39 is 11.7 Å². The molecule has 37 heavy (non-hydrogen) atoms. The number of piperidine rings is 1. The van der Waals surface area contributed by atoms with Crippen molar-refractivity contribution in [3.05, 3.63) is 35.9 Å². The molecule has 2 aromatic heterocycles. The first kappa shape index (κ1) is 25.4. The van der Waals surface area contributed by atoms with Crippen LogP contribution in [0.3, 0.4) is 0 Å². The second kappa shape index (κ2) is 10.6. The van der Waals surface area contributed by atoms with Crippen LogP contribution in [0.15, 0.2) is 24.5 Å². The summed E-state index contributed by atoms with van der Waals surface area (Å²) >= 11 is 0. The number of nitrogens with zero attached hydrogens (tertiary/aromatic N) is 6. The maximum atomic E-state index is 14.1. The van der Waals surface area contributed by atoms with Crippen molar-refractivity contribution in [3.63, 3.8) is 0 Å². The van der Waals surface area contributed by atoms with Crippen molar-refractivity contribution in [1.29, 1.82) is 5.26 Å². The van der Waals surface area contributed by atoms with Crippen molar-refractivity contribution in [3.8, 4) is 23.1 Å². The minimum Gasteiger partial charge on any atom is -0.493 e. The van der Waals surface area contributed by atoms with Gasteiger partial charge in [0.2, 0.25) is 5.82 Å². The van der Waals surface area contributed by atoms with Crippen LogP contribution < -0.4 is 4.74 Å². The number of nitriles is 1. The van der Waals surface area contributed by atoms with Crippen LogP contribution in [0.4, 0.5) is 13.2 Å². The molecule has 2 aliphatic rings. The minimum absolute atomic E-state index is 0.126. The van der Waals surface area contributed by atoms with Gasteiger partial charge in [0.25, 0.3) is 0 Å². The molecule has 11 heteroatoms. The van der Waals surface area contributed by atoms with Gasteiger partial charge >= 0.3 is 6.18 Å². The molecule has 8 nitrogen and oxygen atoms in total. The Morgan fingerprint density at radius 3 is 2.68 bits per heavy atom. The first-order chi connectivity index (χ1) is 17.8. The molecule has 0 bridgehead atoms. The van der Waals surface area contributed by atoms with E-state index in [1.54, 1.807) is 6.33 Å². The fourth-order valence-electron chi connectivity index (χ4n) is 5.05. The van der Waals surface area contributed by atoms with Gasteiger partial charge < -0.3 is 18.9 Å². The van der Waals surface area contributed by atoms with E-state index in [1.165, 1.54) is 12.1 Å². The number of benzene rings is 1. The Kier molecular flexibility index (Phi) is 7.31. The first-order valence-corrected chi connectivity index (χ1v) is 12.6. The van der Waals surface area contributed by atoms with Crippen molar-refractivity contribution >= 4 is 11.2 Å². The third-order valence-electron chi connectivity index (χ3n) is 7.22. The molecule has 1 aromatic carbocycles. The van der Waals surface area contributed by atoms with Gasteiger partial charge in [0, 0.05) is 24.6 Å². The maximum absolute atomic E-state index is 14.1. The molecule has 5 rings (SSSR count). The Balaban J connectivity index is 1.43. The first-order valence-electron chi connectivity index (χ1n) is 12.6. The second-order valence-electron chi connectivity index (χ2n) is 9.90. The normalized spacial score (nSPS) is 19.4. The molecular weight excluding hydrogens is 485 g/mol. The van der Waals surface area contributed by atoms with Crippen LogP contribution in [-0.4, -0.2) is 64.4 Å². The molecule has 0 radical (unpaired) electrons. The molecule has 4 heterocycles. The number of ether oxygens (including phenoxy) is 2. The van der Waals surface area contributed by atoms with Gasteiger partial charge in [0.05, 0.1) is 25.1 Å². The summed E-state index contributed by atoms with van der Waals surface area (Å²) in [6.45, 7) is 4.12. The Morgan fingerprint density at radius 1 is 1.16 bits per heavy atom. The maximum Gasteiger partial charge on any atom is 0.419 e. The highest BCUT2D eigenvalue weighted by Gasteiger charge is 2.35. The summed E-state index contributed by atoms with van der Waals surface area (Å²) in [5.74, 6) is 0.402. The molecule has 0 saturated carbocycles.